The molecular formula is C26H25FN4O3. The van der Waals surface area contributed by atoms with Crippen molar-refractivity contribution in [1.29, 1.82) is 0 Å². The number of hydrogen-bond donors (Lipinski definition) is 2. The van der Waals surface area contributed by atoms with Crippen LogP contribution in [0.3, 0.4) is 0 Å². The zero-order chi connectivity index (χ0) is 24.0. The van der Waals surface area contributed by atoms with Crippen LogP contribution in [0.1, 0.15) is 36.2 Å². The summed E-state index contributed by atoms with van der Waals surface area (Å²) in [5.41, 5.74) is 3.28. The maximum absolute atomic E-state index is 14.9. The molecule has 2 aromatic carbocycles. The van der Waals surface area contributed by atoms with Crippen molar-refractivity contribution in [2.45, 2.75) is 32.4 Å². The quantitative estimate of drug-likeness (QED) is 0.402. The van der Waals surface area contributed by atoms with Gasteiger partial charge in [0.15, 0.2) is 11.6 Å². The third kappa shape index (κ3) is 3.32. The van der Waals surface area contributed by atoms with Gasteiger partial charge in [-0.25, -0.2) is 14.2 Å². The highest BCUT2D eigenvalue weighted by molar-refractivity contribution is 5.98. The molecule has 1 aliphatic heterocycles. The Morgan fingerprint density at radius 3 is 2.85 bits per heavy atom. The predicted molar refractivity (Wildman–Crippen MR) is 130 cm³/mol. The van der Waals surface area contributed by atoms with Crippen LogP contribution in [0.4, 0.5) is 10.1 Å². The van der Waals surface area contributed by atoms with Gasteiger partial charge in [-0.3, -0.25) is 0 Å². The number of aromatic carboxylic acids is 1. The van der Waals surface area contributed by atoms with E-state index in [0.29, 0.717) is 17.8 Å². The maximum Gasteiger partial charge on any atom is 0.335 e. The van der Waals surface area contributed by atoms with Crippen molar-refractivity contribution in [3.05, 3.63) is 47.8 Å². The minimum absolute atomic E-state index is 0.0990. The summed E-state index contributed by atoms with van der Waals surface area (Å²) in [7, 11) is 0. The van der Waals surface area contributed by atoms with Gasteiger partial charge >= 0.3 is 5.97 Å². The molecule has 0 saturated carbocycles. The number of nitrogens with zero attached hydrogens (tertiary/aromatic N) is 4. The Balaban J connectivity index is 1.80. The number of hydrogen-bond acceptors (Lipinski definition) is 4. The SMILES string of the molecule is C#CCn1c(-c2cc3cccc4c3n2C(CC)CN4CCCO)nc2c(F)cc(C(=O)O)cc21. The molecule has 5 rings (SSSR count). The van der Waals surface area contributed by atoms with Gasteiger partial charge in [0, 0.05) is 25.1 Å². The Morgan fingerprint density at radius 1 is 1.32 bits per heavy atom. The number of para-hydroxylation sites is 1. The van der Waals surface area contributed by atoms with E-state index in [0.717, 1.165) is 47.9 Å². The average Bonchev–Trinajstić information content (AvgIpc) is 3.39. The largest absolute Gasteiger partial charge is 0.478 e. The summed E-state index contributed by atoms with van der Waals surface area (Å²) in [6, 6.07) is 10.7. The van der Waals surface area contributed by atoms with Crippen molar-refractivity contribution < 1.29 is 19.4 Å². The molecule has 0 radical (unpaired) electrons. The monoisotopic (exact) mass is 460 g/mol. The number of fused-ring (bicyclic) bond motifs is 1. The Labute approximate surface area is 196 Å². The van der Waals surface area contributed by atoms with Gasteiger partial charge < -0.3 is 24.2 Å². The summed E-state index contributed by atoms with van der Waals surface area (Å²) >= 11 is 0. The van der Waals surface area contributed by atoms with Crippen LogP contribution in [0.2, 0.25) is 0 Å². The first kappa shape index (κ1) is 22.0. The van der Waals surface area contributed by atoms with Crippen LogP contribution in [0.5, 0.6) is 0 Å². The molecule has 0 fully saturated rings. The molecule has 4 aromatic rings. The first-order chi connectivity index (χ1) is 16.5. The third-order valence-electron chi connectivity index (χ3n) is 6.57. The van der Waals surface area contributed by atoms with Gasteiger partial charge in [0.05, 0.1) is 40.6 Å². The zero-order valence-corrected chi connectivity index (χ0v) is 18.8. The molecular weight excluding hydrogens is 435 g/mol. The lowest BCUT2D eigenvalue weighted by Crippen LogP contribution is -2.36. The van der Waals surface area contributed by atoms with Gasteiger partial charge in [0.1, 0.15) is 5.52 Å². The van der Waals surface area contributed by atoms with Crippen LogP contribution in [0.15, 0.2) is 36.4 Å². The zero-order valence-electron chi connectivity index (χ0n) is 18.8. The third-order valence-corrected chi connectivity index (χ3v) is 6.57. The molecule has 2 aromatic heterocycles. The molecule has 0 bridgehead atoms. The van der Waals surface area contributed by atoms with E-state index in [1.165, 1.54) is 6.07 Å². The van der Waals surface area contributed by atoms with E-state index in [1.807, 2.05) is 18.2 Å². The summed E-state index contributed by atoms with van der Waals surface area (Å²) in [4.78, 5) is 18.5. The summed E-state index contributed by atoms with van der Waals surface area (Å²) in [6.45, 7) is 3.92. The van der Waals surface area contributed by atoms with Crippen LogP contribution in [0, 0.1) is 18.2 Å². The summed E-state index contributed by atoms with van der Waals surface area (Å²) < 4.78 is 18.9. The highest BCUT2D eigenvalue weighted by Gasteiger charge is 2.30. The van der Waals surface area contributed by atoms with Crippen molar-refractivity contribution in [1.82, 2.24) is 14.1 Å². The molecule has 0 spiro atoms. The van der Waals surface area contributed by atoms with E-state index in [-0.39, 0.29) is 30.3 Å². The number of carboxylic acids is 1. The van der Waals surface area contributed by atoms with Gasteiger partial charge in [-0.2, -0.15) is 0 Å². The van der Waals surface area contributed by atoms with Crippen LogP contribution >= 0.6 is 0 Å². The molecule has 34 heavy (non-hydrogen) atoms. The highest BCUT2D eigenvalue weighted by Crippen LogP contribution is 2.42. The predicted octanol–water partition coefficient (Wildman–Crippen LogP) is 4.28. The molecule has 1 aliphatic rings. The van der Waals surface area contributed by atoms with E-state index >= 15 is 0 Å². The maximum atomic E-state index is 14.9. The first-order valence-electron chi connectivity index (χ1n) is 11.3. The minimum atomic E-state index is -1.21. The average molecular weight is 461 g/mol. The highest BCUT2D eigenvalue weighted by atomic mass is 19.1. The van der Waals surface area contributed by atoms with Gasteiger partial charge in [-0.15, -0.1) is 6.42 Å². The number of carboxylic acid groups (broad SMARTS) is 1. The van der Waals surface area contributed by atoms with E-state index in [9.17, 15) is 19.4 Å². The second kappa shape index (κ2) is 8.50. The van der Waals surface area contributed by atoms with Crippen molar-refractivity contribution in [2.24, 2.45) is 0 Å². The smallest absolute Gasteiger partial charge is 0.335 e. The number of aliphatic hydroxyl groups excluding tert-OH is 1. The second-order valence-corrected chi connectivity index (χ2v) is 8.56. The number of aliphatic hydroxyl groups is 1. The number of carbonyl (C=O) groups is 1. The van der Waals surface area contributed by atoms with Gasteiger partial charge in [0.2, 0.25) is 0 Å². The van der Waals surface area contributed by atoms with Gasteiger partial charge in [-0.05, 0) is 37.1 Å². The van der Waals surface area contributed by atoms with Crippen LogP contribution in [-0.2, 0) is 6.54 Å². The molecule has 2 N–H and O–H groups in total. The molecule has 0 saturated heterocycles. The number of halogens is 1. The Morgan fingerprint density at radius 2 is 2.15 bits per heavy atom. The fraction of sp³-hybridized carbons (Fsp3) is 0.308. The topological polar surface area (TPSA) is 83.5 Å². The number of aromatic nitrogens is 3. The second-order valence-electron chi connectivity index (χ2n) is 8.56. The number of rotatable bonds is 7. The van der Waals surface area contributed by atoms with Crippen LogP contribution in [0.25, 0.3) is 33.5 Å². The van der Waals surface area contributed by atoms with Gasteiger partial charge in [-0.1, -0.05) is 25.0 Å². The van der Waals surface area contributed by atoms with E-state index in [1.54, 1.807) is 4.57 Å². The molecule has 8 heteroatoms. The Kier molecular flexibility index (Phi) is 5.50. The standard InChI is InChI=1S/C26H25FN4O3/c1-3-9-30-21-14-17(26(33)34)12-19(27)23(21)28-25(30)22-13-16-7-5-8-20-24(16)31(22)18(4-2)15-29(20)10-6-11-32/h1,5,7-8,12-14,18,32H,4,6,9-11,15H2,2H3,(H,33,34). The molecule has 3 heterocycles. The molecule has 174 valence electrons. The van der Waals surface area contributed by atoms with Gasteiger partial charge in [0.25, 0.3) is 0 Å². The normalized spacial score (nSPS) is 15.2. The lowest BCUT2D eigenvalue weighted by atomic mass is 10.1. The Hall–Kier alpha value is -3.83. The number of terminal acetylenes is 1. The van der Waals surface area contributed by atoms with E-state index < -0.39 is 11.8 Å². The molecule has 0 aliphatic carbocycles. The fourth-order valence-corrected chi connectivity index (χ4v) is 5.04. The Bertz CT molecular complexity index is 1460. The van der Waals surface area contributed by atoms with Crippen LogP contribution in [-0.4, -0.2) is 50.0 Å². The first-order valence-corrected chi connectivity index (χ1v) is 11.3. The summed E-state index contributed by atoms with van der Waals surface area (Å²) in [5, 5.41) is 19.8. The van der Waals surface area contributed by atoms with Crippen molar-refractivity contribution >= 4 is 33.6 Å². The van der Waals surface area contributed by atoms with E-state index in [4.69, 9.17) is 6.42 Å². The van der Waals surface area contributed by atoms with Crippen LogP contribution < -0.4 is 4.90 Å². The summed E-state index contributed by atoms with van der Waals surface area (Å²) in [6.07, 6.45) is 7.20. The van der Waals surface area contributed by atoms with Crippen molar-refractivity contribution in [3.8, 4) is 23.9 Å². The number of anilines is 1. The number of imidazole rings is 1. The minimum Gasteiger partial charge on any atom is -0.478 e. The van der Waals surface area contributed by atoms with Crippen molar-refractivity contribution in [2.75, 3.05) is 24.6 Å². The van der Waals surface area contributed by atoms with E-state index in [2.05, 4.69) is 33.4 Å². The number of benzene rings is 2. The lowest BCUT2D eigenvalue weighted by Gasteiger charge is -2.36. The molecule has 1 unspecified atom stereocenters. The summed E-state index contributed by atoms with van der Waals surface area (Å²) in [5.74, 6) is 1.22. The molecule has 0 amide bonds. The molecule has 7 nitrogen and oxygen atoms in total. The fourth-order valence-electron chi connectivity index (χ4n) is 5.04. The molecule has 1 atom stereocenters. The van der Waals surface area contributed by atoms with Crippen molar-refractivity contribution in [3.63, 3.8) is 0 Å². The lowest BCUT2D eigenvalue weighted by molar-refractivity contribution is 0.0696.